The topological polar surface area (TPSA) is 26.0 Å². The molecule has 17 heavy (non-hydrogen) atoms. The minimum Gasteiger partial charge on any atom is -0.329 e. The van der Waals surface area contributed by atoms with Gasteiger partial charge in [-0.25, -0.2) is 0 Å². The summed E-state index contributed by atoms with van der Waals surface area (Å²) < 4.78 is 1.91. The van der Waals surface area contributed by atoms with E-state index in [0.717, 1.165) is 8.81 Å². The van der Waals surface area contributed by atoms with Crippen molar-refractivity contribution in [2.75, 3.05) is 6.54 Å². The van der Waals surface area contributed by atoms with E-state index < -0.39 is 0 Å². The van der Waals surface area contributed by atoms with Crippen LogP contribution in [0.2, 0.25) is 4.34 Å². The van der Waals surface area contributed by atoms with Crippen molar-refractivity contribution in [3.05, 3.63) is 50.1 Å². The largest absolute Gasteiger partial charge is 0.329 e. The van der Waals surface area contributed by atoms with Gasteiger partial charge in [-0.2, -0.15) is 0 Å². The molecule has 0 spiro atoms. The average molecular weight is 349 g/mol. The van der Waals surface area contributed by atoms with Gasteiger partial charge in [0.25, 0.3) is 0 Å². The Morgan fingerprint density at radius 1 is 1.29 bits per heavy atom. The molecule has 0 fully saturated rings. The predicted octanol–water partition coefficient (Wildman–Crippen LogP) is 4.96. The SMILES string of the molecule is NCC(Sc1ccccc1Br)c1ccc(Cl)s1. The maximum absolute atomic E-state index is 5.95. The normalized spacial score (nSPS) is 12.6. The number of halogens is 2. The van der Waals surface area contributed by atoms with E-state index in [1.807, 2.05) is 30.3 Å². The smallest absolute Gasteiger partial charge is 0.0931 e. The molecule has 1 atom stereocenters. The molecular formula is C12H11BrClNS2. The summed E-state index contributed by atoms with van der Waals surface area (Å²) in [7, 11) is 0. The highest BCUT2D eigenvalue weighted by molar-refractivity contribution is 9.10. The summed E-state index contributed by atoms with van der Waals surface area (Å²) in [6, 6.07) is 12.1. The lowest BCUT2D eigenvalue weighted by Crippen LogP contribution is -2.07. The number of thioether (sulfide) groups is 1. The van der Waals surface area contributed by atoms with Gasteiger partial charge in [0.05, 0.1) is 9.59 Å². The fourth-order valence-corrected chi connectivity index (χ4v) is 4.26. The molecule has 5 heteroatoms. The minimum atomic E-state index is 0.256. The molecule has 1 aromatic carbocycles. The maximum atomic E-state index is 5.95. The average Bonchev–Trinajstić information content (AvgIpc) is 2.75. The van der Waals surface area contributed by atoms with Crippen LogP contribution in [0.5, 0.6) is 0 Å². The van der Waals surface area contributed by atoms with Gasteiger partial charge in [-0.15, -0.1) is 23.1 Å². The van der Waals surface area contributed by atoms with E-state index in [2.05, 4.69) is 22.0 Å². The highest BCUT2D eigenvalue weighted by atomic mass is 79.9. The number of nitrogens with two attached hydrogens (primary N) is 1. The van der Waals surface area contributed by atoms with E-state index in [9.17, 15) is 0 Å². The van der Waals surface area contributed by atoms with Gasteiger partial charge in [0.2, 0.25) is 0 Å². The highest BCUT2D eigenvalue weighted by Crippen LogP contribution is 2.41. The van der Waals surface area contributed by atoms with Crippen molar-refractivity contribution in [1.29, 1.82) is 0 Å². The van der Waals surface area contributed by atoms with Crippen molar-refractivity contribution < 1.29 is 0 Å². The van der Waals surface area contributed by atoms with Crippen LogP contribution in [0.1, 0.15) is 10.1 Å². The zero-order chi connectivity index (χ0) is 12.3. The molecule has 1 heterocycles. The Labute approximate surface area is 122 Å². The monoisotopic (exact) mass is 347 g/mol. The quantitative estimate of drug-likeness (QED) is 0.791. The second kappa shape index (κ2) is 6.25. The molecular weight excluding hydrogens is 338 g/mol. The minimum absolute atomic E-state index is 0.256. The fourth-order valence-electron chi connectivity index (χ4n) is 1.42. The van der Waals surface area contributed by atoms with Gasteiger partial charge < -0.3 is 5.73 Å². The summed E-state index contributed by atoms with van der Waals surface area (Å²) in [5.41, 5.74) is 5.84. The second-order valence-electron chi connectivity index (χ2n) is 3.41. The van der Waals surface area contributed by atoms with Crippen LogP contribution in [0.4, 0.5) is 0 Å². The Bertz CT molecular complexity index is 501. The molecule has 0 radical (unpaired) electrons. The van der Waals surface area contributed by atoms with Crippen LogP contribution in [0, 0.1) is 0 Å². The maximum Gasteiger partial charge on any atom is 0.0931 e. The van der Waals surface area contributed by atoms with Gasteiger partial charge in [0.15, 0.2) is 0 Å². The summed E-state index contributed by atoms with van der Waals surface area (Å²) >= 11 is 12.9. The predicted molar refractivity (Wildman–Crippen MR) is 81.1 cm³/mol. The van der Waals surface area contributed by atoms with Crippen LogP contribution in [-0.4, -0.2) is 6.54 Å². The van der Waals surface area contributed by atoms with E-state index in [1.165, 1.54) is 9.77 Å². The van der Waals surface area contributed by atoms with Crippen molar-refractivity contribution in [2.45, 2.75) is 10.1 Å². The highest BCUT2D eigenvalue weighted by Gasteiger charge is 2.14. The van der Waals surface area contributed by atoms with Crippen molar-refractivity contribution in [2.24, 2.45) is 5.73 Å². The number of hydrogen-bond acceptors (Lipinski definition) is 3. The number of benzene rings is 1. The molecule has 0 amide bonds. The summed E-state index contributed by atoms with van der Waals surface area (Å²) in [6.45, 7) is 0.600. The molecule has 1 aromatic heterocycles. The molecule has 2 N–H and O–H groups in total. The third kappa shape index (κ3) is 3.48. The number of thiophene rings is 1. The Morgan fingerprint density at radius 2 is 2.06 bits per heavy atom. The Balaban J connectivity index is 2.18. The lowest BCUT2D eigenvalue weighted by Gasteiger charge is -2.13. The van der Waals surface area contributed by atoms with Gasteiger partial charge >= 0.3 is 0 Å². The summed E-state index contributed by atoms with van der Waals surface area (Å²) in [5, 5.41) is 0.256. The van der Waals surface area contributed by atoms with Gasteiger partial charge in [-0.3, -0.25) is 0 Å². The molecule has 1 unspecified atom stereocenters. The fraction of sp³-hybridized carbons (Fsp3) is 0.167. The summed E-state index contributed by atoms with van der Waals surface area (Å²) in [6.07, 6.45) is 0. The molecule has 0 saturated carbocycles. The van der Waals surface area contributed by atoms with Crippen LogP contribution in [-0.2, 0) is 0 Å². The van der Waals surface area contributed by atoms with Crippen LogP contribution >= 0.6 is 50.6 Å². The van der Waals surface area contributed by atoms with Crippen molar-refractivity contribution in [3.63, 3.8) is 0 Å². The molecule has 0 aliphatic heterocycles. The first-order valence-electron chi connectivity index (χ1n) is 5.07. The first-order valence-corrected chi connectivity index (χ1v) is 7.94. The molecule has 0 aliphatic rings. The van der Waals surface area contributed by atoms with E-state index >= 15 is 0 Å². The van der Waals surface area contributed by atoms with E-state index in [1.54, 1.807) is 23.1 Å². The van der Waals surface area contributed by atoms with Gasteiger partial charge in [0.1, 0.15) is 0 Å². The third-order valence-corrected chi connectivity index (χ3v) is 6.02. The molecule has 0 saturated heterocycles. The van der Waals surface area contributed by atoms with Crippen molar-refractivity contribution in [3.8, 4) is 0 Å². The molecule has 2 aromatic rings. The van der Waals surface area contributed by atoms with Crippen LogP contribution in [0.3, 0.4) is 0 Å². The second-order valence-corrected chi connectivity index (χ2v) is 7.26. The lowest BCUT2D eigenvalue weighted by atomic mass is 10.3. The number of hydrogen-bond donors (Lipinski definition) is 1. The van der Waals surface area contributed by atoms with Gasteiger partial charge in [-0.05, 0) is 40.2 Å². The summed E-state index contributed by atoms with van der Waals surface area (Å²) in [5.74, 6) is 0. The zero-order valence-corrected chi connectivity index (χ0v) is 12.9. The Kier molecular flexibility index (Phi) is 4.94. The third-order valence-electron chi connectivity index (χ3n) is 2.23. The van der Waals surface area contributed by atoms with Crippen LogP contribution in [0.25, 0.3) is 0 Å². The standard InChI is InChI=1S/C12H11BrClNS2/c13-8-3-1-2-4-9(8)16-11(7-15)10-5-6-12(14)17-10/h1-6,11H,7,15H2. The molecule has 0 aliphatic carbocycles. The van der Waals surface area contributed by atoms with Crippen molar-refractivity contribution >= 4 is 50.6 Å². The van der Waals surface area contributed by atoms with E-state index in [4.69, 9.17) is 17.3 Å². The number of rotatable bonds is 4. The molecule has 2 rings (SSSR count). The lowest BCUT2D eigenvalue weighted by molar-refractivity contribution is 0.960. The first kappa shape index (κ1) is 13.4. The van der Waals surface area contributed by atoms with Gasteiger partial charge in [-0.1, -0.05) is 23.7 Å². The van der Waals surface area contributed by atoms with Gasteiger partial charge in [0, 0.05) is 20.8 Å². The first-order chi connectivity index (χ1) is 8.20. The van der Waals surface area contributed by atoms with Crippen molar-refractivity contribution in [1.82, 2.24) is 0 Å². The zero-order valence-electron chi connectivity index (χ0n) is 8.90. The van der Waals surface area contributed by atoms with E-state index in [-0.39, 0.29) is 5.25 Å². The Hall–Kier alpha value is -0.0000000000000000278. The Morgan fingerprint density at radius 3 is 2.65 bits per heavy atom. The molecule has 90 valence electrons. The van der Waals surface area contributed by atoms with Crippen LogP contribution < -0.4 is 5.73 Å². The summed E-state index contributed by atoms with van der Waals surface area (Å²) in [4.78, 5) is 2.42. The van der Waals surface area contributed by atoms with Crippen LogP contribution in [0.15, 0.2) is 45.8 Å². The molecule has 0 bridgehead atoms. The van der Waals surface area contributed by atoms with E-state index in [0.29, 0.717) is 6.54 Å². The molecule has 1 nitrogen and oxygen atoms in total.